The van der Waals surface area contributed by atoms with Gasteiger partial charge in [0, 0.05) is 58.9 Å². The summed E-state index contributed by atoms with van der Waals surface area (Å²) in [7, 11) is 0. The fraction of sp³-hybridized carbons (Fsp3) is 0. The first-order valence-electron chi connectivity index (χ1n) is 20.7. The van der Waals surface area contributed by atoms with Crippen molar-refractivity contribution < 1.29 is 0 Å². The summed E-state index contributed by atoms with van der Waals surface area (Å²) < 4.78 is 4.69. The molecule has 0 fully saturated rings. The van der Waals surface area contributed by atoms with Gasteiger partial charge in [-0.05, 0) is 40.3 Å². The van der Waals surface area contributed by atoms with E-state index in [0.29, 0.717) is 17.5 Å². The summed E-state index contributed by atoms with van der Waals surface area (Å²) in [5.41, 5.74) is 12.4. The highest BCUT2D eigenvalue weighted by atomic mass is 32.1. The average Bonchev–Trinajstić information content (AvgIpc) is 3.95. The topological polar surface area (TPSA) is 56.0 Å². The third kappa shape index (κ3) is 6.16. The second kappa shape index (κ2) is 14.9. The molecule has 0 saturated heterocycles. The van der Waals surface area contributed by atoms with Gasteiger partial charge in [-0.25, -0.2) is 19.5 Å². The van der Waals surface area contributed by atoms with Gasteiger partial charge in [0.2, 0.25) is 0 Å². The van der Waals surface area contributed by atoms with Crippen molar-refractivity contribution in [3.05, 3.63) is 212 Å². The Kier molecular flexibility index (Phi) is 8.61. The van der Waals surface area contributed by atoms with E-state index in [9.17, 15) is 0 Å². The first-order chi connectivity index (χ1) is 30.7. The van der Waals surface area contributed by atoms with E-state index in [2.05, 4.69) is 193 Å². The molecule has 5 nitrogen and oxygen atoms in total. The Morgan fingerprint density at radius 3 is 1.65 bits per heavy atom. The van der Waals surface area contributed by atoms with Crippen molar-refractivity contribution in [2.24, 2.45) is 0 Å². The van der Waals surface area contributed by atoms with E-state index in [1.54, 1.807) is 0 Å². The van der Waals surface area contributed by atoms with E-state index in [1.165, 1.54) is 25.7 Å². The molecule has 0 bridgehead atoms. The van der Waals surface area contributed by atoms with Crippen LogP contribution < -0.4 is 0 Å². The quantitative estimate of drug-likeness (QED) is 0.161. The van der Waals surface area contributed by atoms with Crippen LogP contribution in [0, 0.1) is 0 Å². The maximum atomic E-state index is 5.40. The highest BCUT2D eigenvalue weighted by molar-refractivity contribution is 7.26. The van der Waals surface area contributed by atoms with Gasteiger partial charge in [0.25, 0.3) is 0 Å². The zero-order valence-corrected chi connectivity index (χ0v) is 34.2. The summed E-state index contributed by atoms with van der Waals surface area (Å²) in [4.78, 5) is 15.4. The van der Waals surface area contributed by atoms with Crippen molar-refractivity contribution in [3.63, 3.8) is 0 Å². The number of nitrogens with zero attached hydrogens (tertiary/aromatic N) is 5. The molecule has 62 heavy (non-hydrogen) atoms. The normalized spacial score (nSPS) is 11.5. The van der Waals surface area contributed by atoms with E-state index < -0.39 is 0 Å². The maximum Gasteiger partial charge on any atom is 0.164 e. The van der Waals surface area contributed by atoms with E-state index in [-0.39, 0.29) is 0 Å². The molecule has 0 spiro atoms. The summed E-state index contributed by atoms with van der Waals surface area (Å²) >= 11 is 1.84. The number of fused-ring (bicyclic) bond motifs is 6. The number of aromatic nitrogens is 5. The Hall–Kier alpha value is -8.06. The van der Waals surface area contributed by atoms with Gasteiger partial charge >= 0.3 is 0 Å². The van der Waals surface area contributed by atoms with E-state index in [1.807, 2.05) is 35.6 Å². The second-order valence-corrected chi connectivity index (χ2v) is 16.5. The molecule has 0 aliphatic carbocycles. The lowest BCUT2D eigenvalue weighted by Gasteiger charge is -2.12. The number of hydrogen-bond donors (Lipinski definition) is 0. The lowest BCUT2D eigenvalue weighted by Crippen LogP contribution is -2.00. The van der Waals surface area contributed by atoms with Crippen LogP contribution in [0.4, 0.5) is 0 Å². The summed E-state index contributed by atoms with van der Waals surface area (Å²) in [6, 6.07) is 74.4. The molecule has 6 heteroatoms. The minimum Gasteiger partial charge on any atom is -0.231 e. The van der Waals surface area contributed by atoms with Gasteiger partial charge in [0.15, 0.2) is 17.5 Å². The minimum absolute atomic E-state index is 0.609. The SMILES string of the molecule is c1ccc(-c2nc(-c3ccc(-c4c(-c5ccccc5)nn5c(-c6ccccc6)cc6ccccc6c45)cc3)nc(-c3cccc(-c4cccc5c4sc4ccccc45)c3)n2)cc1. The van der Waals surface area contributed by atoms with Crippen molar-refractivity contribution >= 4 is 47.8 Å². The minimum atomic E-state index is 0.609. The van der Waals surface area contributed by atoms with Gasteiger partial charge in [0.1, 0.15) is 5.69 Å². The van der Waals surface area contributed by atoms with Gasteiger partial charge < -0.3 is 0 Å². The number of hydrogen-bond acceptors (Lipinski definition) is 5. The summed E-state index contributed by atoms with van der Waals surface area (Å²) in [6.07, 6.45) is 0. The van der Waals surface area contributed by atoms with Crippen LogP contribution in [0.2, 0.25) is 0 Å². The summed E-state index contributed by atoms with van der Waals surface area (Å²) in [5, 5.41) is 10.3. The number of pyridine rings is 1. The number of thiophene rings is 1. The Morgan fingerprint density at radius 2 is 0.903 bits per heavy atom. The predicted molar refractivity (Wildman–Crippen MR) is 257 cm³/mol. The summed E-state index contributed by atoms with van der Waals surface area (Å²) in [5.74, 6) is 1.86. The van der Waals surface area contributed by atoms with E-state index in [0.717, 1.165) is 72.2 Å². The Balaban J connectivity index is 1.01. The van der Waals surface area contributed by atoms with Crippen molar-refractivity contribution in [1.29, 1.82) is 0 Å². The molecule has 290 valence electrons. The van der Waals surface area contributed by atoms with Crippen molar-refractivity contribution in [2.45, 2.75) is 0 Å². The molecule has 4 aromatic heterocycles. The van der Waals surface area contributed by atoms with Crippen LogP contribution >= 0.6 is 11.3 Å². The zero-order chi connectivity index (χ0) is 41.0. The van der Waals surface area contributed by atoms with Crippen LogP contribution in [0.15, 0.2) is 212 Å². The molecule has 12 rings (SSSR count). The van der Waals surface area contributed by atoms with E-state index >= 15 is 0 Å². The van der Waals surface area contributed by atoms with Crippen LogP contribution in [0.25, 0.3) is 115 Å². The predicted octanol–water partition coefficient (Wildman–Crippen LogP) is 14.7. The molecule has 0 N–H and O–H groups in total. The molecular weight excluding hydrogens is 775 g/mol. The first-order valence-corrected chi connectivity index (χ1v) is 21.5. The lowest BCUT2D eigenvalue weighted by molar-refractivity contribution is 0.979. The highest BCUT2D eigenvalue weighted by Gasteiger charge is 2.22. The summed E-state index contributed by atoms with van der Waals surface area (Å²) in [6.45, 7) is 0. The second-order valence-electron chi connectivity index (χ2n) is 15.4. The highest BCUT2D eigenvalue weighted by Crippen LogP contribution is 2.43. The van der Waals surface area contributed by atoms with E-state index in [4.69, 9.17) is 20.1 Å². The maximum absolute atomic E-state index is 5.40. The van der Waals surface area contributed by atoms with Crippen molar-refractivity contribution in [3.8, 4) is 78.9 Å². The Morgan fingerprint density at radius 1 is 0.371 bits per heavy atom. The smallest absolute Gasteiger partial charge is 0.164 e. The number of rotatable bonds is 7. The van der Waals surface area contributed by atoms with Crippen LogP contribution in [0.5, 0.6) is 0 Å². The van der Waals surface area contributed by atoms with Crippen molar-refractivity contribution in [2.75, 3.05) is 0 Å². The Labute approximate surface area is 361 Å². The largest absolute Gasteiger partial charge is 0.231 e. The third-order valence-corrected chi connectivity index (χ3v) is 12.9. The van der Waals surface area contributed by atoms with Gasteiger partial charge in [-0.1, -0.05) is 194 Å². The third-order valence-electron chi connectivity index (χ3n) is 11.7. The lowest BCUT2D eigenvalue weighted by atomic mass is 9.96. The zero-order valence-electron chi connectivity index (χ0n) is 33.4. The van der Waals surface area contributed by atoms with Gasteiger partial charge in [-0.2, -0.15) is 5.10 Å². The molecule has 0 aliphatic rings. The van der Waals surface area contributed by atoms with Gasteiger partial charge in [0.05, 0.1) is 11.2 Å². The van der Waals surface area contributed by atoms with Gasteiger partial charge in [-0.15, -0.1) is 11.3 Å². The molecule has 0 atom stereocenters. The van der Waals surface area contributed by atoms with Crippen LogP contribution in [0.1, 0.15) is 0 Å². The molecule has 12 aromatic rings. The van der Waals surface area contributed by atoms with Crippen LogP contribution in [-0.2, 0) is 0 Å². The van der Waals surface area contributed by atoms with Crippen molar-refractivity contribution in [1.82, 2.24) is 24.6 Å². The molecule has 0 unspecified atom stereocenters. The monoisotopic (exact) mass is 809 g/mol. The molecule has 0 radical (unpaired) electrons. The molecule has 0 saturated carbocycles. The first kappa shape index (κ1) is 35.8. The average molecular weight is 810 g/mol. The molecule has 0 aliphatic heterocycles. The van der Waals surface area contributed by atoms with Crippen LogP contribution in [0.3, 0.4) is 0 Å². The van der Waals surface area contributed by atoms with Gasteiger partial charge in [-0.3, -0.25) is 0 Å². The molecular formula is C56H35N5S. The molecule has 4 heterocycles. The van der Waals surface area contributed by atoms with Crippen LogP contribution in [-0.4, -0.2) is 24.6 Å². The fourth-order valence-corrected chi connectivity index (χ4v) is 9.95. The number of benzene rings is 8. The standard InChI is InChI=1S/C56H35N5S/c1-4-16-36(17-5-1)48-35-42-22-10-11-25-44(42)52-50(51(60-61(48)52)38-18-6-2-7-19-38)37-30-32-40(33-31-37)55-57-54(39-20-8-3-9-21-39)58-56(59-55)43-24-14-23-41(34-43)45-27-15-28-47-46-26-12-13-29-49(46)62-53(45)47/h1-35H. The molecule has 8 aromatic carbocycles. The Bertz CT molecular complexity index is 3610. The molecule has 0 amide bonds. The fourth-order valence-electron chi connectivity index (χ4n) is 8.71.